The Morgan fingerprint density at radius 3 is 2.25 bits per heavy atom. The van der Waals surface area contributed by atoms with Crippen LogP contribution in [-0.4, -0.2) is 10.6 Å². The Kier molecular flexibility index (Phi) is 3.74. The summed E-state index contributed by atoms with van der Waals surface area (Å²) in [4.78, 5) is 0. The molecule has 0 aromatic rings. The largest absolute Gasteiger partial charge is 0.303 e. The fourth-order valence-corrected chi connectivity index (χ4v) is 0. The van der Waals surface area contributed by atoms with Gasteiger partial charge in [0.15, 0.2) is 0 Å². The molecule has 0 spiro atoms. The molecule has 1 nitrogen and oxygen atoms in total. The standard InChI is InChI=1S/C2H3IN/c3-1-2-4/h4H,1H2. The second kappa shape index (κ2) is 3.40. The molecule has 0 atom stereocenters. The van der Waals surface area contributed by atoms with E-state index in [-0.39, 0.29) is 0 Å². The van der Waals surface area contributed by atoms with Crippen LogP contribution in [0.5, 0.6) is 0 Å². The molecular weight excluding hydrogens is 165 g/mol. The molecule has 0 aromatic carbocycles. The first-order valence-electron chi connectivity index (χ1n) is 0.871. The van der Waals surface area contributed by atoms with Crippen molar-refractivity contribution < 1.29 is 0 Å². The SMILES string of the molecule is N=[C]CI. The van der Waals surface area contributed by atoms with Gasteiger partial charge in [-0.2, -0.15) is 0 Å². The third kappa shape index (κ3) is 2.40. The highest BCUT2D eigenvalue weighted by atomic mass is 127. The van der Waals surface area contributed by atoms with Crippen LogP contribution in [-0.2, 0) is 0 Å². The van der Waals surface area contributed by atoms with E-state index in [2.05, 4.69) is 28.8 Å². The molecule has 1 radical (unpaired) electrons. The van der Waals surface area contributed by atoms with Crippen LogP contribution in [0, 0.1) is 5.41 Å². The van der Waals surface area contributed by atoms with E-state index in [1.807, 2.05) is 0 Å². The first kappa shape index (κ1) is 4.40. The highest BCUT2D eigenvalue weighted by molar-refractivity contribution is 14.1. The van der Waals surface area contributed by atoms with Gasteiger partial charge in [-0.05, 0) is 0 Å². The van der Waals surface area contributed by atoms with E-state index < -0.39 is 0 Å². The molecule has 0 rings (SSSR count). The Morgan fingerprint density at radius 1 is 2.00 bits per heavy atom. The van der Waals surface area contributed by atoms with Gasteiger partial charge in [-0.1, -0.05) is 22.6 Å². The average molecular weight is 168 g/mol. The minimum absolute atomic E-state index is 0.706. The second-order valence-corrected chi connectivity index (χ2v) is 1.07. The van der Waals surface area contributed by atoms with Crippen molar-refractivity contribution in [2.45, 2.75) is 0 Å². The molecular formula is C2H3IN. The molecule has 0 fully saturated rings. The van der Waals surface area contributed by atoms with E-state index in [4.69, 9.17) is 5.41 Å². The van der Waals surface area contributed by atoms with Crippen molar-refractivity contribution in [2.75, 3.05) is 4.43 Å². The summed E-state index contributed by atoms with van der Waals surface area (Å²) >= 11 is 2.05. The zero-order chi connectivity index (χ0) is 3.41. The van der Waals surface area contributed by atoms with Crippen molar-refractivity contribution in [3.8, 4) is 0 Å². The molecule has 1 N–H and O–H groups in total. The smallest absolute Gasteiger partial charge is 0.0626 e. The topological polar surface area (TPSA) is 23.9 Å². The van der Waals surface area contributed by atoms with Crippen molar-refractivity contribution in [3.05, 3.63) is 0 Å². The number of hydrogen-bond acceptors (Lipinski definition) is 1. The molecule has 0 bridgehead atoms. The molecule has 0 aromatic heterocycles. The number of nitrogens with one attached hydrogen (secondary N) is 1. The average Bonchev–Trinajstić information content (AvgIpc) is 1.37. The number of hydrogen-bond donors (Lipinski definition) is 1. The quantitative estimate of drug-likeness (QED) is 0.342. The lowest BCUT2D eigenvalue weighted by Gasteiger charge is -1.51. The van der Waals surface area contributed by atoms with Crippen LogP contribution in [0.25, 0.3) is 0 Å². The Balaban J connectivity index is 2.30. The number of halogens is 1. The molecule has 23 valence electrons. The monoisotopic (exact) mass is 168 g/mol. The molecule has 0 aliphatic carbocycles. The lowest BCUT2D eigenvalue weighted by molar-refractivity contribution is 1.56. The number of alkyl halides is 1. The van der Waals surface area contributed by atoms with Gasteiger partial charge in [-0.25, -0.2) is 0 Å². The van der Waals surface area contributed by atoms with Gasteiger partial charge in [0.1, 0.15) is 0 Å². The maximum absolute atomic E-state index is 6.19. The minimum Gasteiger partial charge on any atom is -0.303 e. The summed E-state index contributed by atoms with van der Waals surface area (Å²) in [5.74, 6) is 0. The number of rotatable bonds is 1. The van der Waals surface area contributed by atoms with E-state index in [0.717, 1.165) is 0 Å². The third-order valence-corrected chi connectivity index (χ3v) is 0.448. The summed E-state index contributed by atoms with van der Waals surface area (Å²) in [5.41, 5.74) is 0. The van der Waals surface area contributed by atoms with Gasteiger partial charge in [0.05, 0.1) is 6.21 Å². The Bertz CT molecular complexity index is 20.0. The zero-order valence-electron chi connectivity index (χ0n) is 2.09. The molecule has 4 heavy (non-hydrogen) atoms. The van der Waals surface area contributed by atoms with E-state index in [1.54, 1.807) is 0 Å². The molecule has 0 unspecified atom stereocenters. The zero-order valence-corrected chi connectivity index (χ0v) is 4.24. The minimum atomic E-state index is 0.706. The fourth-order valence-electron chi connectivity index (χ4n) is 0. The Labute approximate surface area is 39.1 Å². The van der Waals surface area contributed by atoms with E-state index in [1.165, 1.54) is 0 Å². The molecule has 0 saturated carbocycles. The first-order valence-corrected chi connectivity index (χ1v) is 2.40. The van der Waals surface area contributed by atoms with Gasteiger partial charge in [0.2, 0.25) is 0 Å². The first-order chi connectivity index (χ1) is 1.91. The van der Waals surface area contributed by atoms with Crippen molar-refractivity contribution in [2.24, 2.45) is 0 Å². The van der Waals surface area contributed by atoms with Gasteiger partial charge in [0.25, 0.3) is 0 Å². The summed E-state index contributed by atoms with van der Waals surface area (Å²) in [6.45, 7) is 0. The second-order valence-electron chi connectivity index (χ2n) is 0.310. The van der Waals surface area contributed by atoms with Gasteiger partial charge in [-0.3, -0.25) is 0 Å². The van der Waals surface area contributed by atoms with E-state index in [9.17, 15) is 0 Å². The summed E-state index contributed by atoms with van der Waals surface area (Å²) in [6, 6.07) is 0. The molecule has 0 aliphatic rings. The molecule has 0 heterocycles. The molecule has 2 heteroatoms. The van der Waals surface area contributed by atoms with Crippen LogP contribution in [0.15, 0.2) is 0 Å². The van der Waals surface area contributed by atoms with Crippen molar-refractivity contribution in [1.82, 2.24) is 0 Å². The highest BCUT2D eigenvalue weighted by Crippen LogP contribution is 1.68. The van der Waals surface area contributed by atoms with Gasteiger partial charge in [0, 0.05) is 4.43 Å². The maximum atomic E-state index is 6.19. The predicted octanol–water partition coefficient (Wildman–Crippen LogP) is 0.948. The van der Waals surface area contributed by atoms with Crippen LogP contribution in [0.3, 0.4) is 0 Å². The highest BCUT2D eigenvalue weighted by Gasteiger charge is 1.52. The molecule has 0 aliphatic heterocycles. The Morgan fingerprint density at radius 2 is 2.25 bits per heavy atom. The predicted molar refractivity (Wildman–Crippen MR) is 26.6 cm³/mol. The van der Waals surface area contributed by atoms with Crippen molar-refractivity contribution in [3.63, 3.8) is 0 Å². The van der Waals surface area contributed by atoms with E-state index in [0.29, 0.717) is 4.43 Å². The summed E-state index contributed by atoms with van der Waals surface area (Å²) in [6.07, 6.45) is 2.17. The lowest BCUT2D eigenvalue weighted by Crippen LogP contribution is -1.59. The summed E-state index contributed by atoms with van der Waals surface area (Å²) in [7, 11) is 0. The summed E-state index contributed by atoms with van der Waals surface area (Å²) < 4.78 is 0.706. The van der Waals surface area contributed by atoms with Gasteiger partial charge >= 0.3 is 0 Å². The fraction of sp³-hybridized carbons (Fsp3) is 0.500. The maximum Gasteiger partial charge on any atom is 0.0626 e. The Hall–Kier alpha value is 0.400. The van der Waals surface area contributed by atoms with Crippen LogP contribution in [0.2, 0.25) is 0 Å². The van der Waals surface area contributed by atoms with Crippen LogP contribution >= 0.6 is 22.6 Å². The molecule has 0 amide bonds. The van der Waals surface area contributed by atoms with E-state index >= 15 is 0 Å². The lowest BCUT2D eigenvalue weighted by atomic mass is 10.9. The van der Waals surface area contributed by atoms with Crippen LogP contribution < -0.4 is 0 Å². The molecule has 0 saturated heterocycles. The third-order valence-electron chi connectivity index (χ3n) is 0.0668. The van der Waals surface area contributed by atoms with Crippen molar-refractivity contribution >= 4 is 28.8 Å². The van der Waals surface area contributed by atoms with Crippen LogP contribution in [0.1, 0.15) is 0 Å². The van der Waals surface area contributed by atoms with Gasteiger partial charge < -0.3 is 5.41 Å². The van der Waals surface area contributed by atoms with Crippen LogP contribution in [0.4, 0.5) is 0 Å². The summed E-state index contributed by atoms with van der Waals surface area (Å²) in [5, 5.41) is 6.19. The normalized spacial score (nSPS) is 6.25. The van der Waals surface area contributed by atoms with Gasteiger partial charge in [-0.15, -0.1) is 0 Å². The van der Waals surface area contributed by atoms with Crippen molar-refractivity contribution in [1.29, 1.82) is 5.41 Å².